The minimum absolute atomic E-state index is 0.0962. The molecule has 6 nitrogen and oxygen atoms in total. The Kier molecular flexibility index (Phi) is 6.21. The number of nitrogens with two attached hydrogens (primary N) is 1. The maximum Gasteiger partial charge on any atom is 0.170 e. The Labute approximate surface area is 184 Å². The number of piperidine rings is 1. The number of aromatic nitrogens is 3. The van der Waals surface area contributed by atoms with Crippen molar-refractivity contribution in [2.45, 2.75) is 65.0 Å². The van der Waals surface area contributed by atoms with E-state index in [4.69, 9.17) is 15.2 Å². The zero-order valence-corrected chi connectivity index (χ0v) is 19.1. The lowest BCUT2D eigenvalue weighted by Crippen LogP contribution is -2.33. The van der Waals surface area contributed by atoms with E-state index in [1.165, 1.54) is 11.1 Å². The van der Waals surface area contributed by atoms with Crippen LogP contribution in [0.5, 0.6) is 0 Å². The smallest absolute Gasteiger partial charge is 0.170 e. The van der Waals surface area contributed by atoms with Gasteiger partial charge in [0.15, 0.2) is 5.76 Å². The van der Waals surface area contributed by atoms with Crippen LogP contribution in [0.25, 0.3) is 11.3 Å². The number of aryl methyl sites for hydroxylation is 1. The fourth-order valence-electron chi connectivity index (χ4n) is 4.15. The van der Waals surface area contributed by atoms with E-state index in [1.807, 2.05) is 19.2 Å². The molecule has 0 unspecified atom stereocenters. The van der Waals surface area contributed by atoms with Crippen molar-refractivity contribution in [2.24, 2.45) is 5.73 Å². The van der Waals surface area contributed by atoms with Gasteiger partial charge in [0.05, 0.1) is 17.0 Å². The Morgan fingerprint density at radius 1 is 1.10 bits per heavy atom. The molecule has 0 atom stereocenters. The second-order valence-corrected chi connectivity index (χ2v) is 9.65. The van der Waals surface area contributed by atoms with Crippen molar-refractivity contribution < 1.29 is 4.52 Å². The molecule has 1 aliphatic heterocycles. The lowest BCUT2D eigenvalue weighted by atomic mass is 9.88. The van der Waals surface area contributed by atoms with E-state index >= 15 is 0 Å². The minimum atomic E-state index is -0.0962. The topological polar surface area (TPSA) is 81.1 Å². The van der Waals surface area contributed by atoms with Gasteiger partial charge >= 0.3 is 0 Å². The van der Waals surface area contributed by atoms with Crippen LogP contribution in [0.3, 0.4) is 0 Å². The van der Waals surface area contributed by atoms with Crippen LogP contribution in [0.4, 0.5) is 0 Å². The normalized spacial score (nSPS) is 16.0. The molecule has 0 radical (unpaired) electrons. The Morgan fingerprint density at radius 2 is 1.77 bits per heavy atom. The average Bonchev–Trinajstić information content (AvgIpc) is 3.20. The molecule has 0 aliphatic carbocycles. The van der Waals surface area contributed by atoms with Crippen LogP contribution >= 0.6 is 0 Å². The summed E-state index contributed by atoms with van der Waals surface area (Å²) in [5, 5.41) is 4.08. The van der Waals surface area contributed by atoms with E-state index in [2.05, 4.69) is 60.1 Å². The summed E-state index contributed by atoms with van der Waals surface area (Å²) >= 11 is 0. The van der Waals surface area contributed by atoms with E-state index in [0.29, 0.717) is 12.5 Å². The highest BCUT2D eigenvalue weighted by atomic mass is 16.5. The summed E-state index contributed by atoms with van der Waals surface area (Å²) in [7, 11) is 0. The van der Waals surface area contributed by atoms with Gasteiger partial charge < -0.3 is 10.3 Å². The number of rotatable bonds is 5. The molecule has 2 N–H and O–H groups in total. The van der Waals surface area contributed by atoms with Crippen LogP contribution in [0, 0.1) is 6.92 Å². The monoisotopic (exact) mass is 419 g/mol. The quantitative estimate of drug-likeness (QED) is 0.652. The van der Waals surface area contributed by atoms with Gasteiger partial charge in [0.25, 0.3) is 0 Å². The molecule has 164 valence electrons. The standard InChI is InChI=1S/C25H33N5O/c1-17-13-22(31-29-17)21-15-27-24(25(2,3)4)28-23(21)20-9-11-30(12-10-20)16-19-7-5-18(14-26)6-8-19/h5-8,13,15,20H,9-12,14,16,26H2,1-4H3. The molecule has 1 fully saturated rings. The zero-order chi connectivity index (χ0) is 22.0. The first-order valence-electron chi connectivity index (χ1n) is 11.1. The third-order valence-corrected chi connectivity index (χ3v) is 6.02. The fraction of sp³-hybridized carbons (Fsp3) is 0.480. The van der Waals surface area contributed by atoms with Gasteiger partial charge in [0.1, 0.15) is 5.82 Å². The Bertz CT molecular complexity index is 1010. The molecular weight excluding hydrogens is 386 g/mol. The molecule has 4 rings (SSSR count). The SMILES string of the molecule is Cc1cc(-c2cnc(C(C)(C)C)nc2C2CCN(Cc3ccc(CN)cc3)CC2)on1. The van der Waals surface area contributed by atoms with Crippen molar-refractivity contribution in [1.29, 1.82) is 0 Å². The fourth-order valence-corrected chi connectivity index (χ4v) is 4.15. The summed E-state index contributed by atoms with van der Waals surface area (Å²) in [4.78, 5) is 12.2. The van der Waals surface area contributed by atoms with Gasteiger partial charge in [-0.05, 0) is 44.0 Å². The average molecular weight is 420 g/mol. The second-order valence-electron chi connectivity index (χ2n) is 9.65. The molecule has 0 bridgehead atoms. The molecule has 3 aromatic rings. The van der Waals surface area contributed by atoms with Crippen LogP contribution < -0.4 is 5.73 Å². The predicted octanol–water partition coefficient (Wildman–Crippen LogP) is 4.58. The van der Waals surface area contributed by atoms with Crippen molar-refractivity contribution in [2.75, 3.05) is 13.1 Å². The third kappa shape index (κ3) is 5.02. The first-order chi connectivity index (χ1) is 14.8. The molecule has 3 heterocycles. The van der Waals surface area contributed by atoms with E-state index in [9.17, 15) is 0 Å². The number of hydrogen-bond acceptors (Lipinski definition) is 6. The van der Waals surface area contributed by atoms with Crippen LogP contribution in [-0.4, -0.2) is 33.1 Å². The van der Waals surface area contributed by atoms with E-state index in [-0.39, 0.29) is 5.41 Å². The van der Waals surface area contributed by atoms with Gasteiger partial charge in [-0.3, -0.25) is 4.90 Å². The van der Waals surface area contributed by atoms with Gasteiger partial charge in [-0.2, -0.15) is 0 Å². The summed E-state index contributed by atoms with van der Waals surface area (Å²) in [6.07, 6.45) is 4.07. The minimum Gasteiger partial charge on any atom is -0.356 e. The summed E-state index contributed by atoms with van der Waals surface area (Å²) in [5.74, 6) is 2.03. The van der Waals surface area contributed by atoms with Gasteiger partial charge in [-0.15, -0.1) is 0 Å². The second kappa shape index (κ2) is 8.89. The first kappa shape index (κ1) is 21.7. The van der Waals surface area contributed by atoms with Crippen LogP contribution in [0.2, 0.25) is 0 Å². The molecule has 0 spiro atoms. The molecule has 1 aromatic carbocycles. The van der Waals surface area contributed by atoms with Crippen LogP contribution in [0.1, 0.15) is 67.9 Å². The molecule has 1 aliphatic rings. The maximum absolute atomic E-state index is 5.72. The number of likely N-dealkylation sites (tertiary alicyclic amines) is 1. The molecule has 6 heteroatoms. The number of benzene rings is 1. The van der Waals surface area contributed by atoms with Crippen molar-refractivity contribution in [1.82, 2.24) is 20.0 Å². The molecule has 2 aromatic heterocycles. The Balaban J connectivity index is 1.52. The maximum atomic E-state index is 5.72. The molecule has 31 heavy (non-hydrogen) atoms. The molecule has 0 saturated carbocycles. The lowest BCUT2D eigenvalue weighted by Gasteiger charge is -2.32. The number of nitrogens with zero attached hydrogens (tertiary/aromatic N) is 4. The van der Waals surface area contributed by atoms with Gasteiger partial charge in [-0.1, -0.05) is 50.2 Å². The van der Waals surface area contributed by atoms with Gasteiger partial charge in [0, 0.05) is 36.7 Å². The van der Waals surface area contributed by atoms with Crippen molar-refractivity contribution in [3.63, 3.8) is 0 Å². The first-order valence-corrected chi connectivity index (χ1v) is 11.1. The van der Waals surface area contributed by atoms with Crippen molar-refractivity contribution >= 4 is 0 Å². The highest BCUT2D eigenvalue weighted by Gasteiger charge is 2.28. The van der Waals surface area contributed by atoms with Crippen LogP contribution in [0.15, 0.2) is 41.1 Å². The predicted molar refractivity (Wildman–Crippen MR) is 123 cm³/mol. The Hall–Kier alpha value is -2.57. The van der Waals surface area contributed by atoms with Crippen molar-refractivity contribution in [3.8, 4) is 11.3 Å². The van der Waals surface area contributed by atoms with Gasteiger partial charge in [-0.25, -0.2) is 9.97 Å². The van der Waals surface area contributed by atoms with Crippen molar-refractivity contribution in [3.05, 3.63) is 64.9 Å². The molecule has 0 amide bonds. The van der Waals surface area contributed by atoms with Gasteiger partial charge in [0.2, 0.25) is 0 Å². The highest BCUT2D eigenvalue weighted by molar-refractivity contribution is 5.60. The van der Waals surface area contributed by atoms with E-state index in [1.54, 1.807) is 0 Å². The largest absolute Gasteiger partial charge is 0.356 e. The molecular formula is C25H33N5O. The van der Waals surface area contributed by atoms with Crippen LogP contribution in [-0.2, 0) is 18.5 Å². The summed E-state index contributed by atoms with van der Waals surface area (Å²) < 4.78 is 5.58. The highest BCUT2D eigenvalue weighted by Crippen LogP contribution is 2.35. The molecule has 1 saturated heterocycles. The summed E-state index contributed by atoms with van der Waals surface area (Å²) in [5.41, 5.74) is 11.1. The zero-order valence-electron chi connectivity index (χ0n) is 19.1. The summed E-state index contributed by atoms with van der Waals surface area (Å²) in [6, 6.07) is 10.6. The Morgan fingerprint density at radius 3 is 2.35 bits per heavy atom. The van der Waals surface area contributed by atoms with E-state index in [0.717, 1.165) is 61.0 Å². The lowest BCUT2D eigenvalue weighted by molar-refractivity contribution is 0.203. The van der Waals surface area contributed by atoms with E-state index < -0.39 is 0 Å². The number of hydrogen-bond donors (Lipinski definition) is 1. The summed E-state index contributed by atoms with van der Waals surface area (Å²) in [6.45, 7) is 12.1. The third-order valence-electron chi connectivity index (χ3n) is 6.02.